The summed E-state index contributed by atoms with van der Waals surface area (Å²) in [5.74, 6) is 0.653. The van der Waals surface area contributed by atoms with Gasteiger partial charge in [-0.15, -0.1) is 0 Å². The molecular weight excluding hydrogens is 110 g/mol. The maximum absolute atomic E-state index is 4.36. The molecule has 9 heavy (non-hydrogen) atoms. The van der Waals surface area contributed by atoms with E-state index >= 15 is 0 Å². The summed E-state index contributed by atoms with van der Waals surface area (Å²) in [7, 11) is 0. The van der Waals surface area contributed by atoms with Gasteiger partial charge in [0, 0.05) is 12.3 Å². The highest BCUT2D eigenvalue weighted by molar-refractivity contribution is 5.95. The molecule has 1 rings (SSSR count). The van der Waals surface area contributed by atoms with Crippen LogP contribution in [0.1, 0.15) is 20.3 Å². The second-order valence-electron chi connectivity index (χ2n) is 2.52. The number of allylic oxidation sites excluding steroid dienone is 1. The van der Waals surface area contributed by atoms with E-state index in [1.165, 1.54) is 5.71 Å². The summed E-state index contributed by atoms with van der Waals surface area (Å²) in [5.41, 5.74) is 1.24. The molecule has 0 aromatic heterocycles. The molecule has 1 heterocycles. The number of nitrogens with zero attached hydrogens (tertiary/aromatic N) is 1. The number of hydrogen-bond acceptors (Lipinski definition) is 1. The first-order chi connectivity index (χ1) is 4.33. The van der Waals surface area contributed by atoms with Crippen molar-refractivity contribution >= 4 is 5.71 Å². The van der Waals surface area contributed by atoms with Gasteiger partial charge in [0.2, 0.25) is 0 Å². The molecule has 0 aromatic carbocycles. The van der Waals surface area contributed by atoms with Crippen LogP contribution in [0.25, 0.3) is 0 Å². The molecule has 1 heteroatoms. The Bertz CT molecular complexity index is 145. The van der Waals surface area contributed by atoms with Crippen molar-refractivity contribution in [3.05, 3.63) is 12.2 Å². The minimum Gasteiger partial charge on any atom is -0.289 e. The summed E-state index contributed by atoms with van der Waals surface area (Å²) in [6.07, 6.45) is 5.43. The van der Waals surface area contributed by atoms with Gasteiger partial charge in [0.25, 0.3) is 0 Å². The van der Waals surface area contributed by atoms with Gasteiger partial charge in [-0.25, -0.2) is 0 Å². The van der Waals surface area contributed by atoms with E-state index in [2.05, 4.69) is 31.0 Å². The molecular formula is C8H13N. The van der Waals surface area contributed by atoms with Crippen LogP contribution in [0.3, 0.4) is 0 Å². The lowest BCUT2D eigenvalue weighted by atomic mass is 10.1. The highest BCUT2D eigenvalue weighted by atomic mass is 14.7. The van der Waals surface area contributed by atoms with E-state index in [1.807, 2.05) is 0 Å². The first kappa shape index (κ1) is 6.53. The Hall–Kier alpha value is -0.590. The Morgan fingerprint density at radius 3 is 3.00 bits per heavy atom. The third-order valence-corrected chi connectivity index (χ3v) is 1.56. The second kappa shape index (κ2) is 2.81. The second-order valence-corrected chi connectivity index (χ2v) is 2.52. The molecule has 0 saturated heterocycles. The Balaban J connectivity index is 2.52. The highest BCUT2D eigenvalue weighted by Crippen LogP contribution is 2.05. The maximum Gasteiger partial charge on any atom is 0.0452 e. The summed E-state index contributed by atoms with van der Waals surface area (Å²) in [6, 6.07) is 0. The topological polar surface area (TPSA) is 12.4 Å². The minimum atomic E-state index is 0.653. The molecule has 0 bridgehead atoms. The van der Waals surface area contributed by atoms with E-state index < -0.39 is 0 Å². The summed E-state index contributed by atoms with van der Waals surface area (Å²) in [4.78, 5) is 4.36. The lowest BCUT2D eigenvalue weighted by Crippen LogP contribution is -2.05. The van der Waals surface area contributed by atoms with E-state index in [0.717, 1.165) is 13.0 Å². The van der Waals surface area contributed by atoms with Gasteiger partial charge in [-0.2, -0.15) is 0 Å². The van der Waals surface area contributed by atoms with Gasteiger partial charge in [0.15, 0.2) is 0 Å². The van der Waals surface area contributed by atoms with Crippen LogP contribution < -0.4 is 0 Å². The van der Waals surface area contributed by atoms with Crippen LogP contribution in [-0.4, -0.2) is 12.3 Å². The third-order valence-electron chi connectivity index (χ3n) is 1.56. The molecule has 0 radical (unpaired) electrons. The van der Waals surface area contributed by atoms with E-state index in [-0.39, 0.29) is 0 Å². The minimum absolute atomic E-state index is 0.653. The molecule has 0 amide bonds. The van der Waals surface area contributed by atoms with Gasteiger partial charge in [-0.3, -0.25) is 4.99 Å². The van der Waals surface area contributed by atoms with Crippen LogP contribution in [0.2, 0.25) is 0 Å². The van der Waals surface area contributed by atoms with Crippen LogP contribution in [0.5, 0.6) is 0 Å². The monoisotopic (exact) mass is 123 g/mol. The molecule has 1 unspecified atom stereocenters. The lowest BCUT2D eigenvalue weighted by molar-refractivity contribution is 0.731. The Morgan fingerprint density at radius 2 is 2.56 bits per heavy atom. The Labute approximate surface area is 56.5 Å². The van der Waals surface area contributed by atoms with Crippen LogP contribution in [0, 0.1) is 5.92 Å². The summed E-state index contributed by atoms with van der Waals surface area (Å²) >= 11 is 0. The van der Waals surface area contributed by atoms with Crippen molar-refractivity contribution in [3.63, 3.8) is 0 Å². The first-order valence-corrected chi connectivity index (χ1v) is 3.54. The molecule has 50 valence electrons. The van der Waals surface area contributed by atoms with E-state index in [4.69, 9.17) is 0 Å². The zero-order valence-corrected chi connectivity index (χ0v) is 6.09. The lowest BCUT2D eigenvalue weighted by Gasteiger charge is -2.08. The van der Waals surface area contributed by atoms with Gasteiger partial charge in [-0.1, -0.05) is 19.9 Å². The predicted octanol–water partition coefficient (Wildman–Crippen LogP) is 2.04. The molecule has 1 nitrogen and oxygen atoms in total. The average Bonchev–Trinajstić information content (AvgIpc) is 1.90. The first-order valence-electron chi connectivity index (χ1n) is 3.54. The fraction of sp³-hybridized carbons (Fsp3) is 0.625. The van der Waals surface area contributed by atoms with Crippen molar-refractivity contribution in [2.75, 3.05) is 6.54 Å². The number of dihydropyridines is 1. The van der Waals surface area contributed by atoms with Gasteiger partial charge in [0.1, 0.15) is 0 Å². The summed E-state index contributed by atoms with van der Waals surface area (Å²) in [5, 5.41) is 0. The predicted molar refractivity (Wildman–Crippen MR) is 40.9 cm³/mol. The molecule has 0 N–H and O–H groups in total. The van der Waals surface area contributed by atoms with E-state index in [0.29, 0.717) is 5.92 Å². The van der Waals surface area contributed by atoms with Crippen molar-refractivity contribution in [3.8, 4) is 0 Å². The largest absolute Gasteiger partial charge is 0.289 e. The molecule has 0 fully saturated rings. The van der Waals surface area contributed by atoms with Crippen LogP contribution in [0.15, 0.2) is 17.1 Å². The maximum atomic E-state index is 4.36. The van der Waals surface area contributed by atoms with Crippen molar-refractivity contribution in [2.24, 2.45) is 10.9 Å². The van der Waals surface area contributed by atoms with Gasteiger partial charge in [-0.05, 0) is 18.4 Å². The van der Waals surface area contributed by atoms with Gasteiger partial charge in [0.05, 0.1) is 0 Å². The van der Waals surface area contributed by atoms with Crippen molar-refractivity contribution in [2.45, 2.75) is 20.3 Å². The fourth-order valence-corrected chi connectivity index (χ4v) is 0.880. The summed E-state index contributed by atoms with van der Waals surface area (Å²) in [6.45, 7) is 5.31. The third kappa shape index (κ3) is 1.67. The zero-order chi connectivity index (χ0) is 6.69. The number of aliphatic imine (C=N–C) groups is 1. The molecule has 1 aliphatic heterocycles. The number of rotatable bonds is 1. The molecule has 0 aromatic rings. The SMILES string of the molecule is CCC1=NCC(C)C=C1. The zero-order valence-electron chi connectivity index (χ0n) is 6.09. The molecule has 0 saturated carbocycles. The van der Waals surface area contributed by atoms with E-state index in [1.54, 1.807) is 0 Å². The fourth-order valence-electron chi connectivity index (χ4n) is 0.880. The van der Waals surface area contributed by atoms with Gasteiger partial charge < -0.3 is 0 Å². The van der Waals surface area contributed by atoms with Crippen molar-refractivity contribution in [1.82, 2.24) is 0 Å². The standard InChI is InChI=1S/C8H13N/c1-3-8-5-4-7(2)6-9-8/h4-5,7H,3,6H2,1-2H3. The van der Waals surface area contributed by atoms with Crippen molar-refractivity contribution in [1.29, 1.82) is 0 Å². The van der Waals surface area contributed by atoms with Crippen LogP contribution in [0.4, 0.5) is 0 Å². The Kier molecular flexibility index (Phi) is 2.04. The van der Waals surface area contributed by atoms with E-state index in [9.17, 15) is 0 Å². The molecule has 0 aliphatic carbocycles. The smallest absolute Gasteiger partial charge is 0.0452 e. The van der Waals surface area contributed by atoms with Crippen LogP contribution in [-0.2, 0) is 0 Å². The average molecular weight is 123 g/mol. The molecule has 0 spiro atoms. The summed E-state index contributed by atoms with van der Waals surface area (Å²) < 4.78 is 0. The van der Waals surface area contributed by atoms with Crippen LogP contribution >= 0.6 is 0 Å². The van der Waals surface area contributed by atoms with Crippen molar-refractivity contribution < 1.29 is 0 Å². The normalized spacial score (nSPS) is 26.0. The highest BCUT2D eigenvalue weighted by Gasteiger charge is 2.01. The number of hydrogen-bond donors (Lipinski definition) is 0. The molecule has 1 atom stereocenters. The molecule has 1 aliphatic rings. The van der Waals surface area contributed by atoms with Gasteiger partial charge >= 0.3 is 0 Å². The Morgan fingerprint density at radius 1 is 1.78 bits per heavy atom. The quantitative estimate of drug-likeness (QED) is 0.506.